The molecule has 0 aromatic heterocycles. The molecule has 0 aliphatic carbocycles. The maximum atomic E-state index is 12.9. The second kappa shape index (κ2) is 5.25. The van der Waals surface area contributed by atoms with Gasteiger partial charge in [-0.1, -0.05) is 6.07 Å². The highest BCUT2D eigenvalue weighted by atomic mass is 19.1. The van der Waals surface area contributed by atoms with Crippen molar-refractivity contribution in [3.05, 3.63) is 29.6 Å². The Morgan fingerprint density at radius 3 is 2.75 bits per heavy atom. The summed E-state index contributed by atoms with van der Waals surface area (Å²) in [7, 11) is 0. The van der Waals surface area contributed by atoms with Crippen LogP contribution >= 0.6 is 0 Å². The van der Waals surface area contributed by atoms with Gasteiger partial charge in [0.1, 0.15) is 5.82 Å². The predicted molar refractivity (Wildman–Crippen MR) is 56.4 cm³/mol. The molecule has 0 aliphatic rings. The van der Waals surface area contributed by atoms with Crippen LogP contribution in [0.3, 0.4) is 0 Å². The van der Waals surface area contributed by atoms with Gasteiger partial charge in [0.15, 0.2) is 0 Å². The molecular formula is C11H12FNO3. The third-order valence-corrected chi connectivity index (χ3v) is 1.91. The van der Waals surface area contributed by atoms with Gasteiger partial charge in [-0.25, -0.2) is 9.18 Å². The van der Waals surface area contributed by atoms with E-state index in [0.29, 0.717) is 5.56 Å². The Morgan fingerprint density at radius 2 is 2.12 bits per heavy atom. The molecule has 0 aliphatic heterocycles. The highest BCUT2D eigenvalue weighted by molar-refractivity contribution is 6.37. The van der Waals surface area contributed by atoms with Gasteiger partial charge in [-0.2, -0.15) is 0 Å². The Hall–Kier alpha value is -1.91. The molecule has 0 unspecified atom stereocenters. The Balaban J connectivity index is 2.76. The molecule has 0 radical (unpaired) electrons. The van der Waals surface area contributed by atoms with Crippen molar-refractivity contribution in [2.45, 2.75) is 13.8 Å². The van der Waals surface area contributed by atoms with E-state index < -0.39 is 17.7 Å². The summed E-state index contributed by atoms with van der Waals surface area (Å²) in [6.07, 6.45) is 0. The second-order valence-electron chi connectivity index (χ2n) is 3.13. The molecule has 1 rings (SSSR count). The maximum Gasteiger partial charge on any atom is 0.397 e. The van der Waals surface area contributed by atoms with Gasteiger partial charge in [0.2, 0.25) is 0 Å². The number of ether oxygens (including phenoxy) is 1. The number of rotatable bonds is 2. The smallest absolute Gasteiger partial charge is 0.397 e. The molecule has 86 valence electrons. The predicted octanol–water partition coefficient (Wildman–Crippen LogP) is 1.64. The summed E-state index contributed by atoms with van der Waals surface area (Å²) in [5.41, 5.74) is 0.928. The average molecular weight is 225 g/mol. The summed E-state index contributed by atoms with van der Waals surface area (Å²) < 4.78 is 17.4. The fraction of sp³-hybridized carbons (Fsp3) is 0.273. The number of benzene rings is 1. The van der Waals surface area contributed by atoms with E-state index in [0.717, 1.165) is 6.07 Å². The van der Waals surface area contributed by atoms with Gasteiger partial charge in [0, 0.05) is 5.69 Å². The summed E-state index contributed by atoms with van der Waals surface area (Å²) >= 11 is 0. The molecule has 1 amide bonds. The number of halogens is 1. The first-order chi connectivity index (χ1) is 7.54. The van der Waals surface area contributed by atoms with Gasteiger partial charge >= 0.3 is 11.9 Å². The molecule has 0 heterocycles. The minimum absolute atomic E-state index is 0.119. The zero-order valence-corrected chi connectivity index (χ0v) is 9.04. The van der Waals surface area contributed by atoms with E-state index in [-0.39, 0.29) is 12.3 Å². The van der Waals surface area contributed by atoms with E-state index in [1.165, 1.54) is 12.1 Å². The standard InChI is InChI=1S/C11H12FNO3/c1-3-16-11(15)10(14)13-9-6-8(12)5-4-7(9)2/h4-6H,3H2,1-2H3,(H,13,14). The van der Waals surface area contributed by atoms with E-state index in [4.69, 9.17) is 0 Å². The minimum atomic E-state index is -0.980. The maximum absolute atomic E-state index is 12.9. The first kappa shape index (κ1) is 12.2. The molecule has 0 fully saturated rings. The van der Waals surface area contributed by atoms with Gasteiger partial charge < -0.3 is 10.1 Å². The monoisotopic (exact) mass is 225 g/mol. The largest absolute Gasteiger partial charge is 0.459 e. The number of hydrogen-bond donors (Lipinski definition) is 1. The number of nitrogens with one attached hydrogen (secondary N) is 1. The third kappa shape index (κ3) is 3.05. The van der Waals surface area contributed by atoms with Crippen LogP contribution in [0.1, 0.15) is 12.5 Å². The molecule has 0 saturated heterocycles. The fourth-order valence-electron chi connectivity index (χ4n) is 1.10. The number of carbonyl (C=O) groups excluding carboxylic acids is 2. The van der Waals surface area contributed by atoms with E-state index >= 15 is 0 Å². The summed E-state index contributed by atoms with van der Waals surface area (Å²) in [5, 5.41) is 2.28. The van der Waals surface area contributed by atoms with Gasteiger partial charge in [-0.05, 0) is 31.5 Å². The van der Waals surface area contributed by atoms with Crippen molar-refractivity contribution in [3.8, 4) is 0 Å². The van der Waals surface area contributed by atoms with Crippen molar-refractivity contribution >= 4 is 17.6 Å². The Labute approximate surface area is 92.4 Å². The van der Waals surface area contributed by atoms with E-state index in [9.17, 15) is 14.0 Å². The van der Waals surface area contributed by atoms with Crippen molar-refractivity contribution in [1.82, 2.24) is 0 Å². The van der Waals surface area contributed by atoms with Crippen LogP contribution in [0.4, 0.5) is 10.1 Å². The summed E-state index contributed by atoms with van der Waals surface area (Å²) in [6, 6.07) is 3.93. The van der Waals surface area contributed by atoms with Crippen LogP contribution in [-0.4, -0.2) is 18.5 Å². The SMILES string of the molecule is CCOC(=O)C(=O)Nc1cc(F)ccc1C. The number of esters is 1. The number of anilines is 1. The topological polar surface area (TPSA) is 55.4 Å². The zero-order chi connectivity index (χ0) is 12.1. The highest BCUT2D eigenvalue weighted by Gasteiger charge is 2.15. The van der Waals surface area contributed by atoms with Crippen LogP contribution in [0.15, 0.2) is 18.2 Å². The number of aryl methyl sites for hydroxylation is 1. The molecule has 5 heteroatoms. The summed E-state index contributed by atoms with van der Waals surface area (Å²) in [5.74, 6) is -2.37. The quantitative estimate of drug-likeness (QED) is 0.614. The highest BCUT2D eigenvalue weighted by Crippen LogP contribution is 2.15. The van der Waals surface area contributed by atoms with Crippen LogP contribution in [0.25, 0.3) is 0 Å². The van der Waals surface area contributed by atoms with E-state index in [2.05, 4.69) is 10.1 Å². The lowest BCUT2D eigenvalue weighted by atomic mass is 10.2. The summed E-state index contributed by atoms with van der Waals surface area (Å²) in [4.78, 5) is 22.3. The van der Waals surface area contributed by atoms with Crippen LogP contribution < -0.4 is 5.32 Å². The normalized spacial score (nSPS) is 9.69. The van der Waals surface area contributed by atoms with Crippen molar-refractivity contribution in [2.24, 2.45) is 0 Å². The van der Waals surface area contributed by atoms with Crippen LogP contribution in [0, 0.1) is 12.7 Å². The van der Waals surface area contributed by atoms with Gasteiger partial charge in [-0.15, -0.1) is 0 Å². The summed E-state index contributed by atoms with van der Waals surface area (Å²) in [6.45, 7) is 3.41. The minimum Gasteiger partial charge on any atom is -0.459 e. The lowest BCUT2D eigenvalue weighted by Gasteiger charge is -2.07. The van der Waals surface area contributed by atoms with Crippen LogP contribution in [0.5, 0.6) is 0 Å². The molecule has 16 heavy (non-hydrogen) atoms. The van der Waals surface area contributed by atoms with E-state index in [1.54, 1.807) is 13.8 Å². The number of amides is 1. The molecule has 0 bridgehead atoms. The second-order valence-corrected chi connectivity index (χ2v) is 3.13. The van der Waals surface area contributed by atoms with E-state index in [1.807, 2.05) is 0 Å². The third-order valence-electron chi connectivity index (χ3n) is 1.91. The van der Waals surface area contributed by atoms with Gasteiger partial charge in [0.25, 0.3) is 0 Å². The molecule has 1 aromatic rings. The molecule has 0 spiro atoms. The van der Waals surface area contributed by atoms with Crippen LogP contribution in [0.2, 0.25) is 0 Å². The van der Waals surface area contributed by atoms with Crippen molar-refractivity contribution in [1.29, 1.82) is 0 Å². The lowest BCUT2D eigenvalue weighted by Crippen LogP contribution is -2.25. The molecule has 4 nitrogen and oxygen atoms in total. The molecule has 1 aromatic carbocycles. The molecule has 0 saturated carbocycles. The molecular weight excluding hydrogens is 213 g/mol. The van der Waals surface area contributed by atoms with Gasteiger partial charge in [0.05, 0.1) is 6.61 Å². The number of hydrogen-bond acceptors (Lipinski definition) is 3. The molecule has 1 N–H and O–H groups in total. The lowest BCUT2D eigenvalue weighted by molar-refractivity contribution is -0.152. The zero-order valence-electron chi connectivity index (χ0n) is 9.04. The molecule has 0 atom stereocenters. The van der Waals surface area contributed by atoms with Crippen LogP contribution in [-0.2, 0) is 14.3 Å². The number of carbonyl (C=O) groups is 2. The van der Waals surface area contributed by atoms with Crippen molar-refractivity contribution in [2.75, 3.05) is 11.9 Å². The first-order valence-corrected chi connectivity index (χ1v) is 4.79. The Bertz CT molecular complexity index is 418. The fourth-order valence-corrected chi connectivity index (χ4v) is 1.10. The van der Waals surface area contributed by atoms with Crippen molar-refractivity contribution in [3.63, 3.8) is 0 Å². The Kier molecular flexibility index (Phi) is 3.99. The van der Waals surface area contributed by atoms with Crippen molar-refractivity contribution < 1.29 is 18.7 Å². The Morgan fingerprint density at radius 1 is 1.44 bits per heavy atom. The van der Waals surface area contributed by atoms with Gasteiger partial charge in [-0.3, -0.25) is 4.79 Å². The first-order valence-electron chi connectivity index (χ1n) is 4.79. The average Bonchev–Trinajstić information content (AvgIpc) is 2.23.